The molecule has 0 aliphatic heterocycles. The Morgan fingerprint density at radius 3 is 2.82 bits per heavy atom. The van der Waals surface area contributed by atoms with Gasteiger partial charge < -0.3 is 5.73 Å². The van der Waals surface area contributed by atoms with Crippen LogP contribution in [0.15, 0.2) is 18.2 Å². The molecule has 0 saturated heterocycles. The fourth-order valence-corrected chi connectivity index (χ4v) is 2.03. The van der Waals surface area contributed by atoms with Crippen LogP contribution >= 0.6 is 0 Å². The van der Waals surface area contributed by atoms with E-state index in [0.29, 0.717) is 12.0 Å². The lowest BCUT2D eigenvalue weighted by Crippen LogP contribution is -2.02. The lowest BCUT2D eigenvalue weighted by Gasteiger charge is -2.05. The average molecular weight is 229 g/mol. The normalized spacial score (nSPS) is 22.7. The minimum absolute atomic E-state index is 0.447. The first-order valence-corrected chi connectivity index (χ1v) is 5.81. The predicted octanol–water partition coefficient (Wildman–Crippen LogP) is 1.81. The second-order valence-corrected chi connectivity index (χ2v) is 4.80. The van der Waals surface area contributed by atoms with E-state index >= 15 is 0 Å². The number of benzene rings is 1. The predicted molar refractivity (Wildman–Crippen MR) is 65.2 cm³/mol. The zero-order valence-corrected chi connectivity index (χ0v) is 9.96. The van der Waals surface area contributed by atoms with Gasteiger partial charge in [-0.05, 0) is 41.3 Å². The number of nitrogens with two attached hydrogens (primary N) is 1. The highest BCUT2D eigenvalue weighted by molar-refractivity contribution is 5.63. The molecule has 3 rings (SSSR count). The maximum absolute atomic E-state index is 5.92. The van der Waals surface area contributed by atoms with Crippen LogP contribution < -0.4 is 5.73 Å². The number of nitrogens with zero attached hydrogens (tertiary/aromatic N) is 4. The molecule has 1 aliphatic rings. The quantitative estimate of drug-likeness (QED) is 0.797. The lowest BCUT2D eigenvalue weighted by atomic mass is 10.1. The topological polar surface area (TPSA) is 69.6 Å². The molecule has 88 valence electrons. The number of hydrogen-bond acceptors (Lipinski definition) is 4. The Bertz CT molecular complexity index is 560. The summed E-state index contributed by atoms with van der Waals surface area (Å²) in [5.74, 6) is 1.48. The van der Waals surface area contributed by atoms with Crippen molar-refractivity contribution >= 4 is 5.69 Å². The molecule has 17 heavy (non-hydrogen) atoms. The van der Waals surface area contributed by atoms with Gasteiger partial charge in [-0.15, -0.1) is 5.10 Å². The summed E-state index contributed by atoms with van der Waals surface area (Å²) >= 11 is 0. The largest absolute Gasteiger partial charge is 0.398 e. The molecule has 5 heteroatoms. The van der Waals surface area contributed by atoms with Gasteiger partial charge in [0.25, 0.3) is 0 Å². The Morgan fingerprint density at radius 2 is 2.18 bits per heavy atom. The Morgan fingerprint density at radius 1 is 1.41 bits per heavy atom. The van der Waals surface area contributed by atoms with Gasteiger partial charge in [-0.3, -0.25) is 0 Å². The standard InChI is InChI=1S/C12H15N5/c1-7-3-4-9(6-10(7)13)12-14-15-16-17(12)11-5-8(11)2/h3-4,6,8,11H,5,13H2,1-2H3. The van der Waals surface area contributed by atoms with Crippen molar-refractivity contribution in [3.63, 3.8) is 0 Å². The molecule has 2 aromatic rings. The number of nitrogen functional groups attached to an aromatic ring is 1. The zero-order chi connectivity index (χ0) is 12.0. The minimum Gasteiger partial charge on any atom is -0.398 e. The number of anilines is 1. The van der Waals surface area contributed by atoms with Gasteiger partial charge in [0.1, 0.15) is 0 Å². The van der Waals surface area contributed by atoms with Gasteiger partial charge >= 0.3 is 0 Å². The number of tetrazole rings is 1. The number of aromatic nitrogens is 4. The van der Waals surface area contributed by atoms with Crippen LogP contribution in [0.1, 0.15) is 24.9 Å². The molecule has 5 nitrogen and oxygen atoms in total. The third-order valence-electron chi connectivity index (χ3n) is 3.41. The van der Waals surface area contributed by atoms with Crippen molar-refractivity contribution in [3.8, 4) is 11.4 Å². The van der Waals surface area contributed by atoms with E-state index < -0.39 is 0 Å². The van der Waals surface area contributed by atoms with Crippen LogP contribution in [0.5, 0.6) is 0 Å². The molecule has 2 unspecified atom stereocenters. The summed E-state index contributed by atoms with van der Waals surface area (Å²) in [6, 6.07) is 6.40. The van der Waals surface area contributed by atoms with Crippen LogP contribution in [-0.4, -0.2) is 20.2 Å². The highest BCUT2D eigenvalue weighted by Gasteiger charge is 2.37. The van der Waals surface area contributed by atoms with Crippen LogP contribution in [0.4, 0.5) is 5.69 Å². The van der Waals surface area contributed by atoms with E-state index in [2.05, 4.69) is 22.4 Å². The number of hydrogen-bond donors (Lipinski definition) is 1. The van der Waals surface area contributed by atoms with E-state index in [1.54, 1.807) is 0 Å². The Labute approximate surface area is 99.6 Å². The second kappa shape index (κ2) is 3.55. The summed E-state index contributed by atoms with van der Waals surface area (Å²) in [5, 5.41) is 11.9. The fourth-order valence-electron chi connectivity index (χ4n) is 2.03. The van der Waals surface area contributed by atoms with Gasteiger partial charge in [0.2, 0.25) is 0 Å². The van der Waals surface area contributed by atoms with Crippen LogP contribution in [0.3, 0.4) is 0 Å². The van der Waals surface area contributed by atoms with Gasteiger partial charge in [-0.1, -0.05) is 19.1 Å². The van der Waals surface area contributed by atoms with E-state index in [-0.39, 0.29) is 0 Å². The van der Waals surface area contributed by atoms with Crippen LogP contribution in [-0.2, 0) is 0 Å². The first kappa shape index (κ1) is 10.3. The SMILES string of the molecule is Cc1ccc(-c2nnnn2C2CC2C)cc1N. The molecule has 1 heterocycles. The first-order chi connectivity index (χ1) is 8.16. The van der Waals surface area contributed by atoms with Crippen molar-refractivity contribution in [2.75, 3.05) is 5.73 Å². The van der Waals surface area contributed by atoms with Crippen molar-refractivity contribution < 1.29 is 0 Å². The molecular weight excluding hydrogens is 214 g/mol. The van der Waals surface area contributed by atoms with Crippen LogP contribution in [0.2, 0.25) is 0 Å². The van der Waals surface area contributed by atoms with Crippen molar-refractivity contribution in [1.29, 1.82) is 0 Å². The summed E-state index contributed by atoms with van der Waals surface area (Å²) in [4.78, 5) is 0. The highest BCUT2D eigenvalue weighted by atomic mass is 15.6. The maximum Gasteiger partial charge on any atom is 0.182 e. The van der Waals surface area contributed by atoms with Crippen molar-refractivity contribution in [1.82, 2.24) is 20.2 Å². The Kier molecular flexibility index (Phi) is 2.14. The molecule has 0 radical (unpaired) electrons. The summed E-state index contributed by atoms with van der Waals surface area (Å²) in [7, 11) is 0. The molecule has 0 spiro atoms. The molecular formula is C12H15N5. The van der Waals surface area contributed by atoms with Crippen molar-refractivity contribution in [2.45, 2.75) is 26.3 Å². The van der Waals surface area contributed by atoms with Gasteiger partial charge in [0.05, 0.1) is 6.04 Å². The van der Waals surface area contributed by atoms with E-state index in [1.807, 2.05) is 29.8 Å². The average Bonchev–Trinajstić information content (AvgIpc) is 2.85. The van der Waals surface area contributed by atoms with Gasteiger partial charge in [-0.25, -0.2) is 4.68 Å². The Balaban J connectivity index is 2.03. The van der Waals surface area contributed by atoms with Crippen molar-refractivity contribution in [3.05, 3.63) is 23.8 Å². The van der Waals surface area contributed by atoms with E-state index in [9.17, 15) is 0 Å². The molecule has 2 N–H and O–H groups in total. The fraction of sp³-hybridized carbons (Fsp3) is 0.417. The smallest absolute Gasteiger partial charge is 0.182 e. The third kappa shape index (κ3) is 1.67. The summed E-state index contributed by atoms with van der Waals surface area (Å²) in [5.41, 5.74) is 8.76. The molecule has 1 aliphatic carbocycles. The van der Waals surface area contributed by atoms with Crippen LogP contribution in [0, 0.1) is 12.8 Å². The molecule has 1 aromatic carbocycles. The minimum atomic E-state index is 0.447. The van der Waals surface area contributed by atoms with Gasteiger partial charge in [0, 0.05) is 11.3 Å². The van der Waals surface area contributed by atoms with Gasteiger partial charge in [0.15, 0.2) is 5.82 Å². The zero-order valence-electron chi connectivity index (χ0n) is 9.96. The third-order valence-corrected chi connectivity index (χ3v) is 3.41. The summed E-state index contributed by atoms with van der Waals surface area (Å²) < 4.78 is 1.91. The summed E-state index contributed by atoms with van der Waals surface area (Å²) in [6.45, 7) is 4.20. The van der Waals surface area contributed by atoms with Gasteiger partial charge in [-0.2, -0.15) is 0 Å². The van der Waals surface area contributed by atoms with Crippen LogP contribution in [0.25, 0.3) is 11.4 Å². The molecule has 1 aromatic heterocycles. The second-order valence-electron chi connectivity index (χ2n) is 4.80. The number of rotatable bonds is 2. The molecule has 2 atom stereocenters. The number of aryl methyl sites for hydroxylation is 1. The molecule has 0 amide bonds. The monoisotopic (exact) mass is 229 g/mol. The summed E-state index contributed by atoms with van der Waals surface area (Å²) in [6.07, 6.45) is 1.15. The molecule has 1 fully saturated rings. The lowest BCUT2D eigenvalue weighted by molar-refractivity contribution is 0.584. The van der Waals surface area contributed by atoms with E-state index in [4.69, 9.17) is 5.73 Å². The first-order valence-electron chi connectivity index (χ1n) is 5.81. The Hall–Kier alpha value is -1.91. The van der Waals surface area contributed by atoms with E-state index in [1.165, 1.54) is 0 Å². The van der Waals surface area contributed by atoms with E-state index in [0.717, 1.165) is 29.1 Å². The van der Waals surface area contributed by atoms with Crippen molar-refractivity contribution in [2.24, 2.45) is 5.92 Å². The highest BCUT2D eigenvalue weighted by Crippen LogP contribution is 2.43. The maximum atomic E-state index is 5.92. The molecule has 1 saturated carbocycles. The molecule has 0 bridgehead atoms.